The van der Waals surface area contributed by atoms with Gasteiger partial charge in [0.05, 0.1) is 6.54 Å². The van der Waals surface area contributed by atoms with E-state index in [0.29, 0.717) is 18.5 Å². The smallest absolute Gasteiger partial charge is 0.236 e. The van der Waals surface area contributed by atoms with E-state index in [0.717, 1.165) is 32.7 Å². The van der Waals surface area contributed by atoms with E-state index in [2.05, 4.69) is 22.0 Å². The molecule has 4 nitrogen and oxygen atoms in total. The molecule has 2 saturated heterocycles. The zero-order chi connectivity index (χ0) is 12.1. The number of hydrogen-bond donors (Lipinski definition) is 1. The first kappa shape index (κ1) is 15.7. The van der Waals surface area contributed by atoms with Crippen LogP contribution in [0.1, 0.15) is 32.6 Å². The normalized spacial score (nSPS) is 26.3. The van der Waals surface area contributed by atoms with Gasteiger partial charge in [-0.15, -0.1) is 12.4 Å². The molecule has 0 spiro atoms. The van der Waals surface area contributed by atoms with Crippen molar-refractivity contribution in [1.29, 1.82) is 0 Å². The van der Waals surface area contributed by atoms with Gasteiger partial charge >= 0.3 is 0 Å². The third-order valence-electron chi connectivity index (χ3n) is 3.77. The highest BCUT2D eigenvalue weighted by Gasteiger charge is 2.21. The molecule has 0 aromatic heterocycles. The van der Waals surface area contributed by atoms with Crippen molar-refractivity contribution in [3.8, 4) is 0 Å². The predicted molar refractivity (Wildman–Crippen MR) is 76.2 cm³/mol. The summed E-state index contributed by atoms with van der Waals surface area (Å²) in [5, 5.41) is 3.41. The van der Waals surface area contributed by atoms with E-state index in [4.69, 9.17) is 0 Å². The topological polar surface area (TPSA) is 35.6 Å². The Hall–Kier alpha value is -0.320. The van der Waals surface area contributed by atoms with Crippen LogP contribution in [-0.4, -0.2) is 61.0 Å². The molecule has 0 saturated carbocycles. The lowest BCUT2D eigenvalue weighted by Crippen LogP contribution is -2.52. The van der Waals surface area contributed by atoms with Crippen LogP contribution in [0.2, 0.25) is 0 Å². The predicted octanol–water partition coefficient (Wildman–Crippen LogP) is 1.10. The highest BCUT2D eigenvalue weighted by molar-refractivity contribution is 5.85. The number of amides is 1. The highest BCUT2D eigenvalue weighted by atomic mass is 35.5. The van der Waals surface area contributed by atoms with Crippen molar-refractivity contribution in [3.05, 3.63) is 0 Å². The van der Waals surface area contributed by atoms with E-state index in [9.17, 15) is 4.79 Å². The van der Waals surface area contributed by atoms with Crippen LogP contribution in [0.3, 0.4) is 0 Å². The second-order valence-corrected chi connectivity index (χ2v) is 5.39. The Morgan fingerprint density at radius 3 is 2.44 bits per heavy atom. The minimum Gasteiger partial charge on any atom is -0.342 e. The molecule has 2 heterocycles. The Morgan fingerprint density at radius 2 is 1.83 bits per heavy atom. The second kappa shape index (κ2) is 7.97. The number of hydrogen-bond acceptors (Lipinski definition) is 3. The van der Waals surface area contributed by atoms with Crippen LogP contribution in [0.4, 0.5) is 0 Å². The maximum Gasteiger partial charge on any atom is 0.236 e. The minimum absolute atomic E-state index is 0. The van der Waals surface area contributed by atoms with Crippen LogP contribution < -0.4 is 5.32 Å². The van der Waals surface area contributed by atoms with Crippen LogP contribution in [0.5, 0.6) is 0 Å². The minimum atomic E-state index is 0. The molecule has 2 rings (SSSR count). The molecule has 18 heavy (non-hydrogen) atoms. The molecule has 1 atom stereocenters. The first-order chi connectivity index (χ1) is 8.25. The van der Waals surface area contributed by atoms with Crippen molar-refractivity contribution in [2.75, 3.05) is 39.3 Å². The van der Waals surface area contributed by atoms with Crippen LogP contribution in [0.15, 0.2) is 0 Å². The Bertz CT molecular complexity index is 255. The van der Waals surface area contributed by atoms with E-state index in [1.807, 2.05) is 0 Å². The molecule has 5 heteroatoms. The summed E-state index contributed by atoms with van der Waals surface area (Å²) in [4.78, 5) is 16.5. The monoisotopic (exact) mass is 275 g/mol. The Labute approximate surface area is 116 Å². The molecule has 2 fully saturated rings. The van der Waals surface area contributed by atoms with Crippen molar-refractivity contribution in [3.63, 3.8) is 0 Å². The molecule has 106 valence electrons. The van der Waals surface area contributed by atoms with Crippen LogP contribution in [0, 0.1) is 0 Å². The van der Waals surface area contributed by atoms with Gasteiger partial charge in [0, 0.05) is 38.8 Å². The second-order valence-electron chi connectivity index (χ2n) is 5.39. The Morgan fingerprint density at radius 1 is 1.17 bits per heavy atom. The fraction of sp³-hybridized carbons (Fsp3) is 0.923. The van der Waals surface area contributed by atoms with Crippen molar-refractivity contribution in [2.24, 2.45) is 0 Å². The van der Waals surface area contributed by atoms with Crippen molar-refractivity contribution >= 4 is 18.3 Å². The van der Waals surface area contributed by atoms with Crippen LogP contribution in [-0.2, 0) is 4.79 Å². The Kier molecular flexibility index (Phi) is 6.97. The average Bonchev–Trinajstić information content (AvgIpc) is 2.57. The number of likely N-dealkylation sites (tertiary alicyclic amines) is 1. The third-order valence-corrected chi connectivity index (χ3v) is 3.77. The quantitative estimate of drug-likeness (QED) is 0.820. The molecule has 0 aromatic carbocycles. The zero-order valence-electron chi connectivity index (χ0n) is 11.4. The summed E-state index contributed by atoms with van der Waals surface area (Å²) in [7, 11) is 0. The molecule has 2 aliphatic rings. The largest absolute Gasteiger partial charge is 0.342 e. The van der Waals surface area contributed by atoms with Gasteiger partial charge in [0.2, 0.25) is 5.91 Å². The number of carbonyl (C=O) groups is 1. The van der Waals surface area contributed by atoms with E-state index in [1.165, 1.54) is 25.7 Å². The standard InChI is InChI=1S/C13H25N3O.ClH/c1-12-10-15(9-6-14-12)11-13(17)16-7-4-2-3-5-8-16;/h12,14H,2-11H2,1H3;1H. The summed E-state index contributed by atoms with van der Waals surface area (Å²) >= 11 is 0. The molecule has 1 unspecified atom stereocenters. The lowest BCUT2D eigenvalue weighted by Gasteiger charge is -2.32. The maximum atomic E-state index is 12.2. The molecule has 1 N–H and O–H groups in total. The van der Waals surface area contributed by atoms with Crippen LogP contribution >= 0.6 is 12.4 Å². The molecular formula is C13H26ClN3O. The Balaban J connectivity index is 0.00000162. The number of nitrogens with one attached hydrogen (secondary N) is 1. The zero-order valence-corrected chi connectivity index (χ0v) is 12.2. The summed E-state index contributed by atoms with van der Waals surface area (Å²) in [5.74, 6) is 0.334. The third kappa shape index (κ3) is 4.75. The van der Waals surface area contributed by atoms with E-state index >= 15 is 0 Å². The van der Waals surface area contributed by atoms with Gasteiger partial charge in [0.1, 0.15) is 0 Å². The maximum absolute atomic E-state index is 12.2. The fourth-order valence-electron chi connectivity index (χ4n) is 2.77. The van der Waals surface area contributed by atoms with Gasteiger partial charge < -0.3 is 10.2 Å². The molecule has 0 aliphatic carbocycles. The summed E-state index contributed by atoms with van der Waals surface area (Å²) in [5.41, 5.74) is 0. The molecule has 1 amide bonds. The van der Waals surface area contributed by atoms with Gasteiger partial charge in [-0.3, -0.25) is 9.69 Å². The van der Waals surface area contributed by atoms with Crippen molar-refractivity contribution in [2.45, 2.75) is 38.6 Å². The summed E-state index contributed by atoms with van der Waals surface area (Å²) < 4.78 is 0. The van der Waals surface area contributed by atoms with Crippen molar-refractivity contribution in [1.82, 2.24) is 15.1 Å². The number of carbonyl (C=O) groups excluding carboxylic acids is 1. The highest BCUT2D eigenvalue weighted by Crippen LogP contribution is 2.10. The summed E-state index contributed by atoms with van der Waals surface area (Å²) in [6.07, 6.45) is 4.94. The lowest BCUT2D eigenvalue weighted by atomic mass is 10.2. The number of halogens is 1. The number of piperazine rings is 1. The van der Waals surface area contributed by atoms with Crippen LogP contribution in [0.25, 0.3) is 0 Å². The molecular weight excluding hydrogens is 250 g/mol. The summed E-state index contributed by atoms with van der Waals surface area (Å²) in [6.45, 7) is 7.76. The van der Waals surface area contributed by atoms with Gasteiger partial charge in [-0.05, 0) is 19.8 Å². The van der Waals surface area contributed by atoms with Crippen molar-refractivity contribution < 1.29 is 4.79 Å². The number of nitrogens with zero attached hydrogens (tertiary/aromatic N) is 2. The van der Waals surface area contributed by atoms with E-state index < -0.39 is 0 Å². The average molecular weight is 276 g/mol. The number of rotatable bonds is 2. The first-order valence-corrected chi connectivity index (χ1v) is 6.99. The van der Waals surface area contributed by atoms with Gasteiger partial charge in [-0.1, -0.05) is 12.8 Å². The molecule has 0 radical (unpaired) electrons. The lowest BCUT2D eigenvalue weighted by molar-refractivity contribution is -0.132. The van der Waals surface area contributed by atoms with Gasteiger partial charge in [-0.25, -0.2) is 0 Å². The fourth-order valence-corrected chi connectivity index (χ4v) is 2.77. The SMILES string of the molecule is CC1CN(CC(=O)N2CCCCCC2)CCN1.Cl. The van der Waals surface area contributed by atoms with Gasteiger partial charge in [-0.2, -0.15) is 0 Å². The summed E-state index contributed by atoms with van der Waals surface area (Å²) in [6, 6.07) is 0.515. The first-order valence-electron chi connectivity index (χ1n) is 6.99. The van der Waals surface area contributed by atoms with Gasteiger partial charge in [0.15, 0.2) is 0 Å². The molecule has 0 aromatic rings. The molecule has 2 aliphatic heterocycles. The van der Waals surface area contributed by atoms with E-state index in [-0.39, 0.29) is 12.4 Å². The van der Waals surface area contributed by atoms with E-state index in [1.54, 1.807) is 0 Å². The van der Waals surface area contributed by atoms with Gasteiger partial charge in [0.25, 0.3) is 0 Å². The molecule has 0 bridgehead atoms.